The van der Waals surface area contributed by atoms with Crippen LogP contribution in [0.2, 0.25) is 0 Å². The average molecular weight is 421 g/mol. The lowest BCUT2D eigenvalue weighted by Crippen LogP contribution is -2.53. The average Bonchev–Trinajstić information content (AvgIpc) is 2.69. The normalized spacial score (nSPS) is 15.9. The lowest BCUT2D eigenvalue weighted by Gasteiger charge is -2.27. The molecule has 0 aromatic heterocycles. The van der Waals surface area contributed by atoms with Crippen LogP contribution < -0.4 is 10.1 Å². The Bertz CT molecular complexity index is 1030. The van der Waals surface area contributed by atoms with E-state index in [4.69, 9.17) is 17.0 Å². The number of nitrogens with zero attached hydrogens (tertiary/aromatic N) is 1. The maximum atomic E-state index is 12.8. The minimum atomic E-state index is -0.533. The Balaban J connectivity index is 1.91. The second-order valence-electron chi connectivity index (χ2n) is 7.94. The van der Waals surface area contributed by atoms with Crippen molar-refractivity contribution >= 4 is 35.2 Å². The highest BCUT2D eigenvalue weighted by Crippen LogP contribution is 2.30. The number of para-hydroxylation sites is 1. The molecule has 3 rings (SSSR count). The lowest BCUT2D eigenvalue weighted by molar-refractivity contribution is -0.128. The van der Waals surface area contributed by atoms with Crippen molar-refractivity contribution in [2.75, 3.05) is 6.54 Å². The quantitative estimate of drug-likeness (QED) is 0.333. The molecule has 6 heteroatoms. The Morgan fingerprint density at radius 2 is 1.77 bits per heavy atom. The third-order valence-electron chi connectivity index (χ3n) is 4.66. The number of rotatable bonds is 5. The maximum Gasteiger partial charge on any atom is 0.265 e. The van der Waals surface area contributed by atoms with Gasteiger partial charge in [-0.05, 0) is 47.5 Å². The van der Waals surface area contributed by atoms with Gasteiger partial charge >= 0.3 is 0 Å². The molecule has 0 bridgehead atoms. The molecule has 1 fully saturated rings. The molecule has 30 heavy (non-hydrogen) atoms. The molecule has 0 aliphatic carbocycles. The van der Waals surface area contributed by atoms with Gasteiger partial charge in [0.05, 0.1) is 0 Å². The minimum Gasteiger partial charge on any atom is -0.457 e. The van der Waals surface area contributed by atoms with Crippen molar-refractivity contribution in [3.05, 3.63) is 77.9 Å². The Kier molecular flexibility index (Phi) is 6.17. The van der Waals surface area contributed by atoms with Crippen LogP contribution in [-0.4, -0.2) is 28.4 Å². The summed E-state index contributed by atoms with van der Waals surface area (Å²) in [6.45, 7) is 10.3. The molecular formula is C24H24N2O3S. The Labute approximate surface area is 182 Å². The molecule has 2 amide bonds. The topological polar surface area (TPSA) is 58.6 Å². The Morgan fingerprint density at radius 3 is 2.40 bits per heavy atom. The molecule has 1 heterocycles. The third-order valence-corrected chi connectivity index (χ3v) is 4.99. The first-order chi connectivity index (χ1) is 14.2. The predicted molar refractivity (Wildman–Crippen MR) is 122 cm³/mol. The SMILES string of the molecule is C=CCN1C(=O)/C(=C/c2ccccc2Oc2ccc(C(C)(C)C)cc2)C(=O)NC1=S. The van der Waals surface area contributed by atoms with E-state index in [-0.39, 0.29) is 22.6 Å². The van der Waals surface area contributed by atoms with Crippen LogP contribution in [0.5, 0.6) is 11.5 Å². The summed E-state index contributed by atoms with van der Waals surface area (Å²) in [4.78, 5) is 26.4. The molecule has 154 valence electrons. The zero-order valence-electron chi connectivity index (χ0n) is 17.3. The van der Waals surface area contributed by atoms with E-state index < -0.39 is 11.8 Å². The van der Waals surface area contributed by atoms with Gasteiger partial charge in [0.2, 0.25) is 0 Å². The van der Waals surface area contributed by atoms with Gasteiger partial charge in [-0.3, -0.25) is 19.8 Å². The van der Waals surface area contributed by atoms with Crippen molar-refractivity contribution in [1.82, 2.24) is 10.2 Å². The van der Waals surface area contributed by atoms with Crippen LogP contribution in [0.15, 0.2) is 66.8 Å². The van der Waals surface area contributed by atoms with Gasteiger partial charge in [0.25, 0.3) is 11.8 Å². The van der Waals surface area contributed by atoms with E-state index in [0.29, 0.717) is 17.1 Å². The fraction of sp³-hybridized carbons (Fsp3) is 0.208. The van der Waals surface area contributed by atoms with Gasteiger partial charge in [0.1, 0.15) is 17.1 Å². The van der Waals surface area contributed by atoms with Crippen LogP contribution >= 0.6 is 12.2 Å². The molecule has 0 atom stereocenters. The van der Waals surface area contributed by atoms with E-state index in [1.54, 1.807) is 18.2 Å². The molecule has 1 N–H and O–H groups in total. The Morgan fingerprint density at radius 1 is 1.10 bits per heavy atom. The van der Waals surface area contributed by atoms with Crippen molar-refractivity contribution < 1.29 is 14.3 Å². The molecule has 2 aromatic rings. The van der Waals surface area contributed by atoms with E-state index in [1.165, 1.54) is 16.5 Å². The van der Waals surface area contributed by atoms with Crippen molar-refractivity contribution in [3.63, 3.8) is 0 Å². The first kappa shape index (κ1) is 21.5. The highest BCUT2D eigenvalue weighted by atomic mass is 32.1. The monoisotopic (exact) mass is 420 g/mol. The predicted octanol–water partition coefficient (Wildman–Crippen LogP) is 4.59. The van der Waals surface area contributed by atoms with E-state index in [0.717, 1.165) is 0 Å². The van der Waals surface area contributed by atoms with Gasteiger partial charge in [-0.1, -0.05) is 57.2 Å². The highest BCUT2D eigenvalue weighted by Gasteiger charge is 2.32. The van der Waals surface area contributed by atoms with Crippen LogP contribution in [0.4, 0.5) is 0 Å². The smallest absolute Gasteiger partial charge is 0.265 e. The summed E-state index contributed by atoms with van der Waals surface area (Å²) in [7, 11) is 0. The largest absolute Gasteiger partial charge is 0.457 e. The lowest BCUT2D eigenvalue weighted by atomic mass is 9.87. The number of amides is 2. The van der Waals surface area contributed by atoms with Gasteiger partial charge in [0, 0.05) is 12.1 Å². The van der Waals surface area contributed by atoms with Crippen LogP contribution in [0.25, 0.3) is 6.08 Å². The molecule has 1 aliphatic rings. The molecule has 0 spiro atoms. The van der Waals surface area contributed by atoms with Gasteiger partial charge in [-0.2, -0.15) is 0 Å². The van der Waals surface area contributed by atoms with Crippen molar-refractivity contribution in [1.29, 1.82) is 0 Å². The van der Waals surface area contributed by atoms with Crippen molar-refractivity contribution in [2.45, 2.75) is 26.2 Å². The highest BCUT2D eigenvalue weighted by molar-refractivity contribution is 7.80. The Hall–Kier alpha value is -3.25. The maximum absolute atomic E-state index is 12.8. The number of benzene rings is 2. The van der Waals surface area contributed by atoms with Gasteiger partial charge in [-0.15, -0.1) is 6.58 Å². The first-order valence-electron chi connectivity index (χ1n) is 9.58. The second-order valence-corrected chi connectivity index (χ2v) is 8.32. The zero-order valence-corrected chi connectivity index (χ0v) is 18.1. The van der Waals surface area contributed by atoms with E-state index in [2.05, 4.69) is 32.7 Å². The zero-order chi connectivity index (χ0) is 21.9. The summed E-state index contributed by atoms with van der Waals surface area (Å²) in [5.41, 5.74) is 1.85. The molecule has 1 aliphatic heterocycles. The number of carbonyl (C=O) groups excluding carboxylic acids is 2. The molecule has 0 unspecified atom stereocenters. The number of carbonyl (C=O) groups is 2. The summed E-state index contributed by atoms with van der Waals surface area (Å²) in [6.07, 6.45) is 3.08. The summed E-state index contributed by atoms with van der Waals surface area (Å²) in [5, 5.41) is 2.62. The molecular weight excluding hydrogens is 396 g/mol. The van der Waals surface area contributed by atoms with Crippen LogP contribution in [-0.2, 0) is 15.0 Å². The summed E-state index contributed by atoms with van der Waals surface area (Å²) >= 11 is 5.09. The fourth-order valence-electron chi connectivity index (χ4n) is 2.99. The standard InChI is InChI=1S/C24H24N2O3S/c1-5-14-26-22(28)19(21(27)25-23(26)30)15-16-8-6-7-9-20(16)29-18-12-10-17(11-13-18)24(2,3)4/h5-13,15H,1,14H2,2-4H3,(H,25,27,30)/b19-15+. The summed E-state index contributed by atoms with van der Waals surface area (Å²) < 4.78 is 6.04. The second kappa shape index (κ2) is 8.63. The van der Waals surface area contributed by atoms with Crippen molar-refractivity contribution in [2.24, 2.45) is 0 Å². The summed E-state index contributed by atoms with van der Waals surface area (Å²) in [5.74, 6) is 0.211. The van der Waals surface area contributed by atoms with Gasteiger partial charge < -0.3 is 4.74 Å². The molecule has 0 saturated carbocycles. The molecule has 5 nitrogen and oxygen atoms in total. The first-order valence-corrected chi connectivity index (χ1v) is 9.98. The number of hydrogen-bond donors (Lipinski definition) is 1. The molecule has 1 saturated heterocycles. The van der Waals surface area contributed by atoms with E-state index in [9.17, 15) is 9.59 Å². The number of thiocarbonyl (C=S) groups is 1. The fourth-order valence-corrected chi connectivity index (χ4v) is 3.24. The summed E-state index contributed by atoms with van der Waals surface area (Å²) in [6, 6.07) is 15.1. The third kappa shape index (κ3) is 4.66. The van der Waals surface area contributed by atoms with E-state index >= 15 is 0 Å². The van der Waals surface area contributed by atoms with Crippen LogP contribution in [0.1, 0.15) is 31.9 Å². The molecule has 0 radical (unpaired) electrons. The van der Waals surface area contributed by atoms with Gasteiger partial charge in [0.15, 0.2) is 5.11 Å². The minimum absolute atomic E-state index is 0.00965. The number of nitrogens with one attached hydrogen (secondary N) is 1. The van der Waals surface area contributed by atoms with Crippen LogP contribution in [0.3, 0.4) is 0 Å². The number of ether oxygens (including phenoxy) is 1. The van der Waals surface area contributed by atoms with Gasteiger partial charge in [-0.25, -0.2) is 0 Å². The van der Waals surface area contributed by atoms with Crippen molar-refractivity contribution in [3.8, 4) is 11.5 Å². The number of hydrogen-bond acceptors (Lipinski definition) is 4. The van der Waals surface area contributed by atoms with Crippen LogP contribution in [0, 0.1) is 0 Å². The van der Waals surface area contributed by atoms with E-state index in [1.807, 2.05) is 36.4 Å². The molecule has 2 aromatic carbocycles.